The second-order valence-corrected chi connectivity index (χ2v) is 8.71. The van der Waals surface area contributed by atoms with Crippen LogP contribution in [-0.4, -0.2) is 47.7 Å². The van der Waals surface area contributed by atoms with Crippen LogP contribution in [-0.2, 0) is 19.6 Å². The van der Waals surface area contributed by atoms with Gasteiger partial charge in [0.05, 0.1) is 23.4 Å². The van der Waals surface area contributed by atoms with Gasteiger partial charge in [-0.2, -0.15) is 5.26 Å². The quantitative estimate of drug-likeness (QED) is 0.569. The molecule has 0 amide bonds. The number of rotatable bonds is 4. The van der Waals surface area contributed by atoms with Crippen molar-refractivity contribution in [1.82, 2.24) is 9.88 Å². The van der Waals surface area contributed by atoms with Crippen LogP contribution in [0.15, 0.2) is 35.1 Å². The highest BCUT2D eigenvalue weighted by Crippen LogP contribution is 2.32. The van der Waals surface area contributed by atoms with E-state index in [2.05, 4.69) is 20.1 Å². The monoisotopic (exact) mass is 447 g/mol. The van der Waals surface area contributed by atoms with Crippen LogP contribution in [0.4, 0.5) is 15.8 Å². The molecule has 1 fully saturated rings. The molecule has 3 N–H and O–H groups in total. The molecule has 0 aliphatic carbocycles. The lowest BCUT2D eigenvalue weighted by Gasteiger charge is -2.36. The number of nitrogens with one attached hydrogen (secondary N) is 2. The van der Waals surface area contributed by atoms with Gasteiger partial charge < -0.3 is 20.3 Å². The molecule has 0 atom stereocenters. The van der Waals surface area contributed by atoms with Gasteiger partial charge in [0, 0.05) is 55.9 Å². The molecular formula is C25H26FN5O2. The number of aromatic amines is 1. The molecule has 7 nitrogen and oxygen atoms in total. The molecule has 3 heterocycles. The highest BCUT2D eigenvalue weighted by molar-refractivity contribution is 5.96. The maximum absolute atomic E-state index is 14.0. The summed E-state index contributed by atoms with van der Waals surface area (Å²) in [7, 11) is 0. The highest BCUT2D eigenvalue weighted by Gasteiger charge is 2.21. The number of hydrogen-bond donors (Lipinski definition) is 3. The molecule has 2 aromatic carbocycles. The van der Waals surface area contributed by atoms with E-state index < -0.39 is 5.82 Å². The molecule has 5 rings (SSSR count). The van der Waals surface area contributed by atoms with E-state index in [0.717, 1.165) is 84.5 Å². The Bertz CT molecular complexity index is 1300. The van der Waals surface area contributed by atoms with E-state index >= 15 is 0 Å². The average molecular weight is 448 g/mol. The van der Waals surface area contributed by atoms with Crippen molar-refractivity contribution in [2.45, 2.75) is 26.0 Å². The first-order valence-corrected chi connectivity index (χ1v) is 11.3. The Morgan fingerprint density at radius 2 is 1.97 bits per heavy atom. The van der Waals surface area contributed by atoms with Crippen LogP contribution < -0.4 is 15.8 Å². The summed E-state index contributed by atoms with van der Waals surface area (Å²) in [4.78, 5) is 20.1. The van der Waals surface area contributed by atoms with E-state index in [1.807, 2.05) is 18.2 Å². The van der Waals surface area contributed by atoms with Gasteiger partial charge in [-0.3, -0.25) is 9.69 Å². The third-order valence-corrected chi connectivity index (χ3v) is 6.65. The highest BCUT2D eigenvalue weighted by atomic mass is 19.1. The zero-order valence-electron chi connectivity index (χ0n) is 18.3. The first-order valence-electron chi connectivity index (χ1n) is 11.3. The van der Waals surface area contributed by atoms with Crippen LogP contribution in [0, 0.1) is 17.1 Å². The van der Waals surface area contributed by atoms with Crippen molar-refractivity contribution in [3.8, 4) is 6.07 Å². The number of pyridine rings is 1. The van der Waals surface area contributed by atoms with Gasteiger partial charge in [0.2, 0.25) is 0 Å². The number of halogens is 1. The topological polar surface area (TPSA) is 95.4 Å². The molecule has 33 heavy (non-hydrogen) atoms. The Morgan fingerprint density at radius 1 is 1.15 bits per heavy atom. The van der Waals surface area contributed by atoms with Crippen LogP contribution in [0.3, 0.4) is 0 Å². The maximum Gasteiger partial charge on any atom is 0.253 e. The molecule has 3 aromatic rings. The van der Waals surface area contributed by atoms with Crippen molar-refractivity contribution in [1.29, 1.82) is 5.26 Å². The number of nitriles is 1. The molecule has 1 aromatic heterocycles. The second-order valence-electron chi connectivity index (χ2n) is 8.71. The molecule has 0 radical (unpaired) electrons. The van der Waals surface area contributed by atoms with Gasteiger partial charge in [0.15, 0.2) is 0 Å². The number of nitrogens with zero attached hydrogens (tertiary/aromatic N) is 3. The summed E-state index contributed by atoms with van der Waals surface area (Å²) in [5.74, 6) is -0.490. The molecule has 0 unspecified atom stereocenters. The Hall–Kier alpha value is -3.41. The molecule has 8 heteroatoms. The molecule has 1 saturated heterocycles. The Labute approximate surface area is 191 Å². The fourth-order valence-electron chi connectivity index (χ4n) is 4.97. The minimum absolute atomic E-state index is 0.0582. The van der Waals surface area contributed by atoms with Crippen molar-refractivity contribution in [3.63, 3.8) is 0 Å². The third-order valence-electron chi connectivity index (χ3n) is 6.65. The smallest absolute Gasteiger partial charge is 0.253 e. The lowest BCUT2D eigenvalue weighted by Crippen LogP contribution is -2.46. The van der Waals surface area contributed by atoms with Gasteiger partial charge in [-0.1, -0.05) is 6.07 Å². The van der Waals surface area contributed by atoms with Crippen LogP contribution >= 0.6 is 0 Å². The summed E-state index contributed by atoms with van der Waals surface area (Å²) in [6.07, 6.45) is 1.67. The number of fused-ring (bicyclic) bond motifs is 3. The average Bonchev–Trinajstić information content (AvgIpc) is 2.84. The van der Waals surface area contributed by atoms with Gasteiger partial charge >= 0.3 is 0 Å². The van der Waals surface area contributed by atoms with E-state index in [1.165, 1.54) is 12.1 Å². The standard InChI is InChI=1S/C25H26FN5O2/c26-21-12-19(4-3-17(21)13-27)31-8-6-30(7-9-31)14-16-10-18(15-32)23-22(11-16)29-25(33)20-2-1-5-28-24(20)23/h3-4,10-12,28,32H,1-2,5-9,14-15H2,(H,29,33). The third kappa shape index (κ3) is 4.06. The molecule has 2 aliphatic heterocycles. The van der Waals surface area contributed by atoms with E-state index in [1.54, 1.807) is 6.07 Å². The van der Waals surface area contributed by atoms with Crippen molar-refractivity contribution < 1.29 is 9.50 Å². The number of aromatic nitrogens is 1. The summed E-state index contributed by atoms with van der Waals surface area (Å²) in [5.41, 5.74) is 5.02. The number of aliphatic hydroxyl groups is 1. The van der Waals surface area contributed by atoms with E-state index in [9.17, 15) is 14.3 Å². The number of hydrogen-bond acceptors (Lipinski definition) is 6. The summed E-state index contributed by atoms with van der Waals surface area (Å²) in [6, 6.07) is 10.6. The maximum atomic E-state index is 14.0. The lowest BCUT2D eigenvalue weighted by atomic mass is 9.96. The minimum Gasteiger partial charge on any atom is -0.392 e. The lowest BCUT2D eigenvalue weighted by molar-refractivity contribution is 0.249. The summed E-state index contributed by atoms with van der Waals surface area (Å²) in [5, 5.41) is 23.3. The van der Waals surface area contributed by atoms with Crippen LogP contribution in [0.1, 0.15) is 28.7 Å². The number of anilines is 2. The van der Waals surface area contributed by atoms with Crippen LogP contribution in [0.2, 0.25) is 0 Å². The first kappa shape index (κ1) is 21.4. The molecule has 2 aliphatic rings. The Balaban J connectivity index is 1.34. The van der Waals surface area contributed by atoms with Crippen molar-refractivity contribution in [3.05, 3.63) is 68.8 Å². The molecule has 0 saturated carbocycles. The SMILES string of the molecule is N#Cc1ccc(N2CCN(Cc3cc(CO)c4c5c(c(=O)[nH]c4c3)CCCN5)CC2)cc1F. The Kier molecular flexibility index (Phi) is 5.75. The summed E-state index contributed by atoms with van der Waals surface area (Å²) in [6.45, 7) is 4.53. The number of piperazine rings is 1. The minimum atomic E-state index is -0.490. The zero-order chi connectivity index (χ0) is 22.9. The van der Waals surface area contributed by atoms with Gasteiger partial charge in [-0.05, 0) is 48.2 Å². The van der Waals surface area contributed by atoms with E-state index in [-0.39, 0.29) is 17.7 Å². The van der Waals surface area contributed by atoms with Gasteiger partial charge in [0.1, 0.15) is 11.9 Å². The number of benzene rings is 2. The normalized spacial score (nSPS) is 16.3. The number of aliphatic hydroxyl groups excluding tert-OH is 1. The van der Waals surface area contributed by atoms with Gasteiger partial charge in [-0.15, -0.1) is 0 Å². The zero-order valence-corrected chi connectivity index (χ0v) is 18.3. The number of H-pyrrole nitrogens is 1. The molecule has 0 spiro atoms. The fourth-order valence-corrected chi connectivity index (χ4v) is 4.97. The Morgan fingerprint density at radius 3 is 2.70 bits per heavy atom. The largest absolute Gasteiger partial charge is 0.392 e. The molecule has 0 bridgehead atoms. The summed E-state index contributed by atoms with van der Waals surface area (Å²) < 4.78 is 14.0. The van der Waals surface area contributed by atoms with Crippen molar-refractivity contribution >= 4 is 22.3 Å². The predicted octanol–water partition coefficient (Wildman–Crippen LogP) is 2.71. The predicted molar refractivity (Wildman–Crippen MR) is 126 cm³/mol. The van der Waals surface area contributed by atoms with Crippen LogP contribution in [0.5, 0.6) is 0 Å². The van der Waals surface area contributed by atoms with Gasteiger partial charge in [0.25, 0.3) is 5.56 Å². The first-order chi connectivity index (χ1) is 16.1. The van der Waals surface area contributed by atoms with E-state index in [4.69, 9.17) is 5.26 Å². The second kappa shape index (κ2) is 8.85. The van der Waals surface area contributed by atoms with Crippen molar-refractivity contribution in [2.75, 3.05) is 42.9 Å². The summed E-state index contributed by atoms with van der Waals surface area (Å²) >= 11 is 0. The molecular weight excluding hydrogens is 421 g/mol. The van der Waals surface area contributed by atoms with Gasteiger partial charge in [-0.25, -0.2) is 4.39 Å². The van der Waals surface area contributed by atoms with Crippen LogP contribution in [0.25, 0.3) is 10.9 Å². The molecule has 170 valence electrons. The van der Waals surface area contributed by atoms with E-state index in [0.29, 0.717) is 6.54 Å². The fraction of sp³-hybridized carbons (Fsp3) is 0.360. The van der Waals surface area contributed by atoms with Crippen molar-refractivity contribution in [2.24, 2.45) is 0 Å².